The van der Waals surface area contributed by atoms with Crippen LogP contribution in [0.15, 0.2) is 4.99 Å². The highest BCUT2D eigenvalue weighted by Crippen LogP contribution is 2.22. The molecule has 2 heterocycles. The van der Waals surface area contributed by atoms with Gasteiger partial charge >= 0.3 is 6.18 Å². The third kappa shape index (κ3) is 8.98. The fraction of sp³-hybridized carbons (Fsp3) is 0.952. The average Bonchev–Trinajstić information content (AvgIpc) is 3.17. The number of nitrogens with one attached hydrogen (secondary N) is 1. The van der Waals surface area contributed by atoms with E-state index < -0.39 is 12.7 Å². The van der Waals surface area contributed by atoms with Gasteiger partial charge < -0.3 is 19.9 Å². The summed E-state index contributed by atoms with van der Waals surface area (Å²) in [6, 6.07) is 0. The molecule has 0 aliphatic carbocycles. The van der Waals surface area contributed by atoms with Gasteiger partial charge in [-0.25, -0.2) is 0 Å². The number of likely N-dealkylation sites (tertiary alicyclic amines) is 2. The van der Waals surface area contributed by atoms with E-state index in [1.165, 1.54) is 4.90 Å². The first-order valence-electron chi connectivity index (χ1n) is 11.4. The van der Waals surface area contributed by atoms with Crippen molar-refractivity contribution in [1.29, 1.82) is 0 Å². The van der Waals surface area contributed by atoms with E-state index in [4.69, 9.17) is 9.73 Å². The van der Waals surface area contributed by atoms with Gasteiger partial charge in [-0.2, -0.15) is 13.2 Å². The molecule has 2 saturated heterocycles. The topological polar surface area (TPSA) is 43.3 Å². The number of methoxy groups -OCH3 is 1. The number of aliphatic imine (C=N–C) groups is 1. The molecule has 1 unspecified atom stereocenters. The van der Waals surface area contributed by atoms with Gasteiger partial charge in [0.25, 0.3) is 0 Å². The Morgan fingerprint density at radius 3 is 2.43 bits per heavy atom. The quantitative estimate of drug-likeness (QED) is 0.422. The molecule has 1 N–H and O–H groups in total. The molecule has 0 saturated carbocycles. The highest BCUT2D eigenvalue weighted by molar-refractivity contribution is 5.80. The van der Waals surface area contributed by atoms with E-state index in [9.17, 15) is 13.2 Å². The number of rotatable bonds is 10. The monoisotopic (exact) mass is 435 g/mol. The summed E-state index contributed by atoms with van der Waals surface area (Å²) >= 11 is 0. The number of halogens is 3. The molecule has 0 radical (unpaired) electrons. The van der Waals surface area contributed by atoms with Gasteiger partial charge in [-0.15, -0.1) is 0 Å². The van der Waals surface area contributed by atoms with Crippen molar-refractivity contribution in [3.05, 3.63) is 0 Å². The normalized spacial score (nSPS) is 22.3. The lowest BCUT2D eigenvalue weighted by molar-refractivity contribution is -0.146. The van der Waals surface area contributed by atoms with Gasteiger partial charge in [0, 0.05) is 46.4 Å². The molecule has 1 atom stereocenters. The van der Waals surface area contributed by atoms with Crippen LogP contribution in [0.2, 0.25) is 0 Å². The SMILES string of the molecule is CCNC(=NCC1CCN(CCOC)CC1)N1CCC(CN(CC)CC(F)(F)F)C1. The smallest absolute Gasteiger partial charge is 0.383 e. The zero-order chi connectivity index (χ0) is 22.0. The molecule has 9 heteroatoms. The van der Waals surface area contributed by atoms with Crippen LogP contribution in [-0.4, -0.2) is 106 Å². The Bertz CT molecular complexity index is 509. The largest absolute Gasteiger partial charge is 0.401 e. The van der Waals surface area contributed by atoms with Crippen LogP contribution in [0.3, 0.4) is 0 Å². The molecule has 2 rings (SSSR count). The summed E-state index contributed by atoms with van der Waals surface area (Å²) in [5.74, 6) is 1.76. The van der Waals surface area contributed by atoms with Crippen molar-refractivity contribution in [2.45, 2.75) is 39.3 Å². The minimum atomic E-state index is -4.14. The van der Waals surface area contributed by atoms with E-state index >= 15 is 0 Å². The maximum Gasteiger partial charge on any atom is 0.401 e. The molecule has 0 aromatic heterocycles. The number of hydrogen-bond donors (Lipinski definition) is 1. The van der Waals surface area contributed by atoms with E-state index in [0.29, 0.717) is 19.0 Å². The summed E-state index contributed by atoms with van der Waals surface area (Å²) in [6.07, 6.45) is -0.920. The van der Waals surface area contributed by atoms with Crippen molar-refractivity contribution in [2.24, 2.45) is 16.8 Å². The predicted molar refractivity (Wildman–Crippen MR) is 115 cm³/mol. The van der Waals surface area contributed by atoms with Gasteiger partial charge in [-0.3, -0.25) is 9.89 Å². The molecule has 0 aromatic carbocycles. The Hall–Kier alpha value is -1.06. The first-order valence-corrected chi connectivity index (χ1v) is 11.4. The summed E-state index contributed by atoms with van der Waals surface area (Å²) in [5, 5.41) is 3.38. The van der Waals surface area contributed by atoms with Crippen LogP contribution in [0, 0.1) is 11.8 Å². The Kier molecular flexibility index (Phi) is 10.7. The fourth-order valence-corrected chi connectivity index (χ4v) is 4.35. The molecular formula is C21H40F3N5O. The van der Waals surface area contributed by atoms with Gasteiger partial charge in [0.15, 0.2) is 5.96 Å². The molecule has 0 aromatic rings. The van der Waals surface area contributed by atoms with Crippen molar-refractivity contribution in [3.63, 3.8) is 0 Å². The van der Waals surface area contributed by atoms with Crippen molar-refractivity contribution in [1.82, 2.24) is 20.0 Å². The Morgan fingerprint density at radius 2 is 1.83 bits per heavy atom. The first-order chi connectivity index (χ1) is 14.3. The standard InChI is InChI=1S/C21H40F3N5O/c1-4-25-20(26-14-18-6-9-28(10-7-18)12-13-30-3)29-11-8-19(16-29)15-27(5-2)17-21(22,23)24/h18-19H,4-17H2,1-3H3,(H,25,26). The number of ether oxygens (including phenoxy) is 1. The highest BCUT2D eigenvalue weighted by Gasteiger charge is 2.33. The lowest BCUT2D eigenvalue weighted by atomic mass is 9.97. The number of alkyl halides is 3. The Balaban J connectivity index is 1.81. The second-order valence-electron chi connectivity index (χ2n) is 8.52. The molecule has 2 fully saturated rings. The zero-order valence-corrected chi connectivity index (χ0v) is 18.9. The van der Waals surface area contributed by atoms with E-state index in [2.05, 4.69) is 22.0 Å². The van der Waals surface area contributed by atoms with Gasteiger partial charge in [0.2, 0.25) is 0 Å². The van der Waals surface area contributed by atoms with Crippen molar-refractivity contribution < 1.29 is 17.9 Å². The van der Waals surface area contributed by atoms with E-state index in [1.807, 2.05) is 0 Å². The fourth-order valence-electron chi connectivity index (χ4n) is 4.35. The van der Waals surface area contributed by atoms with Crippen LogP contribution in [0.4, 0.5) is 13.2 Å². The summed E-state index contributed by atoms with van der Waals surface area (Å²) in [6.45, 7) is 11.2. The third-order valence-electron chi connectivity index (χ3n) is 6.10. The van der Waals surface area contributed by atoms with Crippen LogP contribution >= 0.6 is 0 Å². The summed E-state index contributed by atoms with van der Waals surface area (Å²) in [7, 11) is 1.74. The lowest BCUT2D eigenvalue weighted by Crippen LogP contribution is -2.42. The number of piperidine rings is 1. The first kappa shape index (κ1) is 25.2. The predicted octanol–water partition coefficient (Wildman–Crippen LogP) is 2.52. The van der Waals surface area contributed by atoms with Crippen LogP contribution in [-0.2, 0) is 4.74 Å². The molecule has 2 aliphatic heterocycles. The summed E-state index contributed by atoms with van der Waals surface area (Å²) in [4.78, 5) is 11.1. The maximum atomic E-state index is 12.7. The molecule has 0 spiro atoms. The Labute approximate surface area is 179 Å². The number of guanidine groups is 1. The highest BCUT2D eigenvalue weighted by atomic mass is 19.4. The third-order valence-corrected chi connectivity index (χ3v) is 6.10. The molecule has 6 nitrogen and oxygen atoms in total. The second kappa shape index (κ2) is 12.7. The number of hydrogen-bond acceptors (Lipinski definition) is 4. The van der Waals surface area contributed by atoms with E-state index in [0.717, 1.165) is 77.6 Å². The molecule has 2 aliphatic rings. The van der Waals surface area contributed by atoms with Crippen molar-refractivity contribution in [3.8, 4) is 0 Å². The lowest BCUT2D eigenvalue weighted by Gasteiger charge is -2.31. The maximum absolute atomic E-state index is 12.7. The molecule has 176 valence electrons. The van der Waals surface area contributed by atoms with Crippen LogP contribution in [0.25, 0.3) is 0 Å². The number of nitrogens with zero attached hydrogens (tertiary/aromatic N) is 4. The van der Waals surface area contributed by atoms with Crippen LogP contribution in [0.5, 0.6) is 0 Å². The van der Waals surface area contributed by atoms with Crippen molar-refractivity contribution >= 4 is 5.96 Å². The molecular weight excluding hydrogens is 395 g/mol. The average molecular weight is 436 g/mol. The van der Waals surface area contributed by atoms with Crippen LogP contribution in [0.1, 0.15) is 33.1 Å². The van der Waals surface area contributed by atoms with E-state index in [-0.39, 0.29) is 5.92 Å². The van der Waals surface area contributed by atoms with Gasteiger partial charge in [-0.05, 0) is 57.7 Å². The summed E-state index contributed by atoms with van der Waals surface area (Å²) in [5.41, 5.74) is 0. The Morgan fingerprint density at radius 1 is 1.13 bits per heavy atom. The second-order valence-corrected chi connectivity index (χ2v) is 8.52. The summed E-state index contributed by atoms with van der Waals surface area (Å²) < 4.78 is 43.4. The molecule has 0 bridgehead atoms. The van der Waals surface area contributed by atoms with Crippen molar-refractivity contribution in [2.75, 3.05) is 79.2 Å². The van der Waals surface area contributed by atoms with E-state index in [1.54, 1.807) is 14.0 Å². The van der Waals surface area contributed by atoms with Gasteiger partial charge in [0.05, 0.1) is 13.2 Å². The molecule has 0 amide bonds. The van der Waals surface area contributed by atoms with Gasteiger partial charge in [0.1, 0.15) is 0 Å². The molecule has 30 heavy (non-hydrogen) atoms. The minimum Gasteiger partial charge on any atom is -0.383 e. The zero-order valence-electron chi connectivity index (χ0n) is 18.9. The van der Waals surface area contributed by atoms with Crippen LogP contribution < -0.4 is 5.32 Å². The minimum absolute atomic E-state index is 0.250. The van der Waals surface area contributed by atoms with Gasteiger partial charge in [-0.1, -0.05) is 6.92 Å².